The van der Waals surface area contributed by atoms with Gasteiger partial charge in [-0.15, -0.1) is 0 Å². The molecular weight excluding hydrogens is 238 g/mol. The topological polar surface area (TPSA) is 27.7 Å². The molecule has 1 N–H and O–H groups in total. The molecule has 0 saturated carbocycles. The highest BCUT2D eigenvalue weighted by atomic mass is 16.5. The number of para-hydroxylation sites is 1. The van der Waals surface area contributed by atoms with Gasteiger partial charge in [-0.05, 0) is 13.1 Å². The molecule has 1 fully saturated rings. The molecule has 0 radical (unpaired) electrons. The Morgan fingerprint density at radius 2 is 1.89 bits per heavy atom. The fourth-order valence-corrected chi connectivity index (χ4v) is 2.39. The molecule has 1 saturated heterocycles. The van der Waals surface area contributed by atoms with Gasteiger partial charge in [-0.2, -0.15) is 0 Å². The van der Waals surface area contributed by atoms with Crippen molar-refractivity contribution in [3.8, 4) is 0 Å². The minimum absolute atomic E-state index is 0.664. The maximum Gasteiger partial charge on any atom is 0.0733 e. The number of rotatable bonds is 6. The Morgan fingerprint density at radius 1 is 1.16 bits per heavy atom. The third-order valence-corrected chi connectivity index (χ3v) is 3.66. The van der Waals surface area contributed by atoms with E-state index in [-0.39, 0.29) is 0 Å². The molecule has 0 unspecified atom stereocenters. The molecule has 0 bridgehead atoms. The maximum atomic E-state index is 5.22. The zero-order chi connectivity index (χ0) is 13.5. The largest absolute Gasteiger partial charge is 0.383 e. The molecule has 1 aromatic rings. The van der Waals surface area contributed by atoms with E-state index in [2.05, 4.69) is 46.4 Å². The van der Waals surface area contributed by atoms with Crippen LogP contribution in [0.15, 0.2) is 24.3 Å². The molecule has 106 valence electrons. The number of nitrogens with zero attached hydrogens (tertiary/aromatic N) is 2. The van der Waals surface area contributed by atoms with Gasteiger partial charge in [0.1, 0.15) is 0 Å². The van der Waals surface area contributed by atoms with Crippen molar-refractivity contribution >= 4 is 5.69 Å². The van der Waals surface area contributed by atoms with Crippen molar-refractivity contribution in [2.75, 3.05) is 58.7 Å². The van der Waals surface area contributed by atoms with Crippen LogP contribution < -0.4 is 5.32 Å². The van der Waals surface area contributed by atoms with Gasteiger partial charge in [-0.25, -0.2) is 0 Å². The van der Waals surface area contributed by atoms with Crippen molar-refractivity contribution in [1.29, 1.82) is 0 Å². The number of anilines is 1. The second-order valence-electron chi connectivity index (χ2n) is 5.16. The van der Waals surface area contributed by atoms with Crippen LogP contribution in [-0.2, 0) is 11.3 Å². The van der Waals surface area contributed by atoms with Crippen LogP contribution in [0.4, 0.5) is 5.69 Å². The van der Waals surface area contributed by atoms with Crippen LogP contribution in [0.1, 0.15) is 5.56 Å². The van der Waals surface area contributed by atoms with Crippen molar-refractivity contribution in [3.05, 3.63) is 29.8 Å². The summed E-state index contributed by atoms with van der Waals surface area (Å²) >= 11 is 0. The summed E-state index contributed by atoms with van der Waals surface area (Å²) in [5.41, 5.74) is 2.42. The lowest BCUT2D eigenvalue weighted by atomic mass is 10.2. The van der Waals surface area contributed by atoms with E-state index in [9.17, 15) is 0 Å². The second-order valence-corrected chi connectivity index (χ2v) is 5.16. The van der Waals surface area contributed by atoms with Gasteiger partial charge >= 0.3 is 0 Å². The molecule has 4 heteroatoms. The number of methoxy groups -OCH3 is 1. The Morgan fingerprint density at radius 3 is 2.63 bits per heavy atom. The lowest BCUT2D eigenvalue weighted by molar-refractivity contribution is 0.158. The molecule has 1 aliphatic rings. The summed E-state index contributed by atoms with van der Waals surface area (Å²) in [5.74, 6) is 0. The van der Waals surface area contributed by atoms with Gasteiger partial charge in [0.05, 0.1) is 6.61 Å². The molecule has 4 nitrogen and oxygen atoms in total. The quantitative estimate of drug-likeness (QED) is 0.841. The summed E-state index contributed by atoms with van der Waals surface area (Å²) in [6, 6.07) is 8.36. The molecule has 19 heavy (non-hydrogen) atoms. The van der Waals surface area contributed by atoms with Gasteiger partial charge in [0.25, 0.3) is 0 Å². The van der Waals surface area contributed by atoms with Crippen LogP contribution in [0.2, 0.25) is 0 Å². The molecule has 0 amide bonds. The van der Waals surface area contributed by atoms with Crippen molar-refractivity contribution in [1.82, 2.24) is 9.80 Å². The maximum absolute atomic E-state index is 5.22. The van der Waals surface area contributed by atoms with Crippen molar-refractivity contribution in [2.45, 2.75) is 6.61 Å². The minimum atomic E-state index is 0.664. The first-order valence-corrected chi connectivity index (χ1v) is 7.01. The van der Waals surface area contributed by atoms with Crippen molar-refractivity contribution in [3.63, 3.8) is 0 Å². The summed E-state index contributed by atoms with van der Waals surface area (Å²) in [7, 11) is 3.93. The molecule has 0 aromatic heterocycles. The number of hydrogen-bond donors (Lipinski definition) is 1. The van der Waals surface area contributed by atoms with Crippen molar-refractivity contribution in [2.24, 2.45) is 0 Å². The smallest absolute Gasteiger partial charge is 0.0733 e. The number of hydrogen-bond acceptors (Lipinski definition) is 4. The molecule has 0 spiro atoms. The van der Waals surface area contributed by atoms with Crippen LogP contribution >= 0.6 is 0 Å². The Kier molecular flexibility index (Phi) is 5.63. The first-order valence-electron chi connectivity index (χ1n) is 7.01. The zero-order valence-electron chi connectivity index (χ0n) is 12.1. The summed E-state index contributed by atoms with van der Waals surface area (Å²) in [5, 5.41) is 3.52. The van der Waals surface area contributed by atoms with E-state index >= 15 is 0 Å². The van der Waals surface area contributed by atoms with Gasteiger partial charge < -0.3 is 15.0 Å². The Bertz CT molecular complexity index is 375. The molecule has 1 heterocycles. The van der Waals surface area contributed by atoms with Gasteiger partial charge in [0, 0.05) is 57.6 Å². The normalized spacial score (nSPS) is 17.6. The summed E-state index contributed by atoms with van der Waals surface area (Å²) < 4.78 is 5.22. The number of piperazine rings is 1. The highest BCUT2D eigenvalue weighted by Gasteiger charge is 2.12. The fourth-order valence-electron chi connectivity index (χ4n) is 2.39. The molecule has 0 atom stereocenters. The number of benzene rings is 1. The van der Waals surface area contributed by atoms with Gasteiger partial charge in [0.15, 0.2) is 0 Å². The zero-order valence-corrected chi connectivity index (χ0v) is 12.1. The Balaban J connectivity index is 1.76. The second kappa shape index (κ2) is 7.48. The van der Waals surface area contributed by atoms with E-state index in [0.717, 1.165) is 13.1 Å². The van der Waals surface area contributed by atoms with Crippen LogP contribution in [0.3, 0.4) is 0 Å². The molecule has 1 aromatic carbocycles. The fraction of sp³-hybridized carbons (Fsp3) is 0.600. The number of ether oxygens (including phenoxy) is 1. The molecule has 0 aliphatic carbocycles. The van der Waals surface area contributed by atoms with Gasteiger partial charge in [0.2, 0.25) is 0 Å². The standard InChI is InChI=1S/C15H25N3O/c1-17-9-11-18(12-10-17)8-7-16-15-6-4-3-5-14(15)13-19-2/h3-6,16H,7-13H2,1-2H3. The SMILES string of the molecule is COCc1ccccc1NCCN1CCN(C)CC1. The highest BCUT2D eigenvalue weighted by molar-refractivity contribution is 5.50. The first kappa shape index (κ1) is 14.3. The van der Waals surface area contributed by atoms with E-state index in [1.165, 1.54) is 37.4 Å². The average molecular weight is 263 g/mol. The van der Waals surface area contributed by atoms with E-state index < -0.39 is 0 Å². The Labute approximate surface area is 116 Å². The minimum Gasteiger partial charge on any atom is -0.383 e. The van der Waals surface area contributed by atoms with E-state index in [0.29, 0.717) is 6.61 Å². The molecule has 1 aliphatic heterocycles. The first-order chi connectivity index (χ1) is 9.29. The molecular formula is C15H25N3O. The predicted octanol–water partition coefficient (Wildman–Crippen LogP) is 1.49. The Hall–Kier alpha value is -1.10. The number of nitrogens with one attached hydrogen (secondary N) is 1. The summed E-state index contributed by atoms with van der Waals surface area (Å²) in [6.45, 7) is 7.48. The predicted molar refractivity (Wildman–Crippen MR) is 79.6 cm³/mol. The third kappa shape index (κ3) is 4.49. The van der Waals surface area contributed by atoms with Gasteiger partial charge in [-0.1, -0.05) is 18.2 Å². The van der Waals surface area contributed by atoms with E-state index in [1.54, 1.807) is 7.11 Å². The monoisotopic (exact) mass is 263 g/mol. The van der Waals surface area contributed by atoms with E-state index in [1.807, 2.05) is 0 Å². The average Bonchev–Trinajstić information content (AvgIpc) is 2.43. The van der Waals surface area contributed by atoms with Crippen LogP contribution in [0.25, 0.3) is 0 Å². The molecule has 2 rings (SSSR count). The van der Waals surface area contributed by atoms with Crippen LogP contribution in [-0.4, -0.2) is 63.2 Å². The van der Waals surface area contributed by atoms with Crippen molar-refractivity contribution < 1.29 is 4.74 Å². The number of likely N-dealkylation sites (N-methyl/N-ethyl adjacent to an activating group) is 1. The highest BCUT2D eigenvalue weighted by Crippen LogP contribution is 2.15. The summed E-state index contributed by atoms with van der Waals surface area (Å²) in [6.07, 6.45) is 0. The lowest BCUT2D eigenvalue weighted by Gasteiger charge is -2.32. The lowest BCUT2D eigenvalue weighted by Crippen LogP contribution is -2.45. The van der Waals surface area contributed by atoms with Crippen LogP contribution in [0, 0.1) is 0 Å². The van der Waals surface area contributed by atoms with Crippen LogP contribution in [0.5, 0.6) is 0 Å². The third-order valence-electron chi connectivity index (χ3n) is 3.66. The van der Waals surface area contributed by atoms with Gasteiger partial charge in [-0.3, -0.25) is 4.90 Å². The summed E-state index contributed by atoms with van der Waals surface area (Å²) in [4.78, 5) is 4.91. The van der Waals surface area contributed by atoms with E-state index in [4.69, 9.17) is 4.74 Å².